The molecular weight excluding hydrogens is 370 g/mol. The van der Waals surface area contributed by atoms with Gasteiger partial charge >= 0.3 is 6.03 Å². The lowest BCUT2D eigenvalue weighted by Gasteiger charge is -2.21. The molecule has 2 aromatic carbocycles. The van der Waals surface area contributed by atoms with E-state index in [1.165, 1.54) is 0 Å². The van der Waals surface area contributed by atoms with E-state index in [1.54, 1.807) is 17.5 Å². The highest BCUT2D eigenvalue weighted by molar-refractivity contribution is 7.09. The number of nitrogens with zero attached hydrogens (tertiary/aromatic N) is 1. The number of urea groups is 1. The second kappa shape index (κ2) is 8.12. The second-order valence-electron chi connectivity index (χ2n) is 7.20. The fourth-order valence-corrected chi connectivity index (χ4v) is 4.93. The largest absolute Gasteiger partial charge is 0.323 e. The molecule has 1 aliphatic rings. The van der Waals surface area contributed by atoms with Crippen molar-refractivity contribution >= 4 is 28.7 Å². The molecule has 0 aliphatic heterocycles. The Hall–Kier alpha value is -2.70. The lowest BCUT2D eigenvalue weighted by atomic mass is 9.86. The van der Waals surface area contributed by atoms with Crippen LogP contribution in [0.15, 0.2) is 66.2 Å². The Labute approximate surface area is 168 Å². The standard InChI is InChI=1S/C22H22N3O2S/c1-14-18(21-23-11-12-28-21)13-19(26)20(14)15-7-9-17(10-8-15)25-22(27)24-16-5-3-2-4-6-16/h2-12,14,18-20H,13H2,1H3,(H2,24,25,27). The number of carbonyl (C=O) groups is 1. The third-order valence-electron chi connectivity index (χ3n) is 5.44. The summed E-state index contributed by atoms with van der Waals surface area (Å²) in [5, 5.41) is 21.4. The average Bonchev–Trinajstić information content (AvgIpc) is 3.31. The van der Waals surface area contributed by atoms with Crippen molar-refractivity contribution in [1.82, 2.24) is 4.98 Å². The fourth-order valence-electron chi connectivity index (χ4n) is 4.07. The molecule has 2 N–H and O–H groups in total. The lowest BCUT2D eigenvalue weighted by Crippen LogP contribution is -2.19. The van der Waals surface area contributed by atoms with Crippen LogP contribution in [-0.4, -0.2) is 17.1 Å². The van der Waals surface area contributed by atoms with E-state index in [1.807, 2.05) is 60.0 Å². The number of para-hydroxylation sites is 1. The van der Waals surface area contributed by atoms with E-state index in [2.05, 4.69) is 22.5 Å². The first kappa shape index (κ1) is 18.7. The summed E-state index contributed by atoms with van der Waals surface area (Å²) in [5.74, 6) is 0.428. The Morgan fingerprint density at radius 1 is 1.04 bits per heavy atom. The zero-order valence-corrected chi connectivity index (χ0v) is 16.4. The molecule has 0 spiro atoms. The second-order valence-corrected chi connectivity index (χ2v) is 8.13. The molecule has 1 aromatic heterocycles. The summed E-state index contributed by atoms with van der Waals surface area (Å²) in [6.07, 6.45) is 1.80. The van der Waals surface area contributed by atoms with Crippen LogP contribution in [0.4, 0.5) is 16.2 Å². The number of thiazole rings is 1. The van der Waals surface area contributed by atoms with Crippen LogP contribution in [0, 0.1) is 5.92 Å². The zero-order chi connectivity index (χ0) is 19.5. The van der Waals surface area contributed by atoms with E-state index in [4.69, 9.17) is 0 Å². The summed E-state index contributed by atoms with van der Waals surface area (Å²) in [6.45, 7) is 2.15. The maximum Gasteiger partial charge on any atom is 0.323 e. The molecule has 143 valence electrons. The van der Waals surface area contributed by atoms with E-state index in [0.29, 0.717) is 12.1 Å². The van der Waals surface area contributed by atoms with Gasteiger partial charge in [-0.15, -0.1) is 11.3 Å². The number of aromatic nitrogens is 1. The minimum atomic E-state index is -0.635. The number of anilines is 2. The van der Waals surface area contributed by atoms with Gasteiger partial charge in [-0.2, -0.15) is 0 Å². The van der Waals surface area contributed by atoms with Gasteiger partial charge in [0.2, 0.25) is 0 Å². The maximum absolute atomic E-state index is 12.7. The minimum absolute atomic E-state index is 0.0407. The van der Waals surface area contributed by atoms with E-state index in [9.17, 15) is 9.90 Å². The number of nitrogens with one attached hydrogen (secondary N) is 2. The molecule has 0 saturated heterocycles. The highest BCUT2D eigenvalue weighted by Gasteiger charge is 2.43. The molecule has 4 rings (SSSR count). The molecular formula is C22H22N3O2S. The van der Waals surface area contributed by atoms with Crippen LogP contribution in [-0.2, 0) is 5.11 Å². The van der Waals surface area contributed by atoms with Crippen molar-refractivity contribution in [3.05, 3.63) is 76.7 Å². The molecule has 0 bridgehead atoms. The molecule has 1 aliphatic carbocycles. The smallest absolute Gasteiger partial charge is 0.308 e. The molecule has 6 heteroatoms. The van der Waals surface area contributed by atoms with Crippen molar-refractivity contribution in [3.63, 3.8) is 0 Å². The molecule has 1 fully saturated rings. The Morgan fingerprint density at radius 3 is 2.36 bits per heavy atom. The summed E-state index contributed by atoms with van der Waals surface area (Å²) in [4.78, 5) is 16.5. The SMILES string of the molecule is CC1C(c2nccs2)CC([O])C1c1ccc(NC(=O)Nc2ccccc2)cc1. The Morgan fingerprint density at radius 2 is 1.71 bits per heavy atom. The first-order valence-corrected chi connectivity index (χ1v) is 10.3. The van der Waals surface area contributed by atoms with Gasteiger partial charge in [0.25, 0.3) is 0 Å². The normalized spacial score (nSPS) is 24.1. The number of amides is 2. The first-order valence-electron chi connectivity index (χ1n) is 9.40. The van der Waals surface area contributed by atoms with Crippen LogP contribution in [0.1, 0.15) is 35.8 Å². The third-order valence-corrected chi connectivity index (χ3v) is 6.35. The lowest BCUT2D eigenvalue weighted by molar-refractivity contribution is 0.0750. The number of hydrogen-bond donors (Lipinski definition) is 2. The number of carbonyl (C=O) groups excluding carboxylic acids is 1. The Kier molecular flexibility index (Phi) is 5.41. The van der Waals surface area contributed by atoms with Gasteiger partial charge in [-0.1, -0.05) is 37.3 Å². The summed E-state index contributed by atoms with van der Waals surface area (Å²) < 4.78 is 0. The van der Waals surface area contributed by atoms with E-state index in [0.717, 1.165) is 16.3 Å². The quantitative estimate of drug-likeness (QED) is 0.616. The fraction of sp³-hybridized carbons (Fsp3) is 0.273. The van der Waals surface area contributed by atoms with Crippen LogP contribution >= 0.6 is 11.3 Å². The molecule has 1 heterocycles. The van der Waals surface area contributed by atoms with Gasteiger partial charge in [-0.05, 0) is 42.2 Å². The highest BCUT2D eigenvalue weighted by Crippen LogP contribution is 2.49. The summed E-state index contributed by atoms with van der Waals surface area (Å²) in [5.41, 5.74) is 2.46. The van der Waals surface area contributed by atoms with Crippen LogP contribution in [0.5, 0.6) is 0 Å². The predicted octanol–water partition coefficient (Wildman–Crippen LogP) is 5.49. The molecule has 2 amide bonds. The van der Waals surface area contributed by atoms with Crippen LogP contribution in [0.3, 0.4) is 0 Å². The molecule has 3 aromatic rings. The van der Waals surface area contributed by atoms with Gasteiger partial charge in [-0.3, -0.25) is 0 Å². The van der Waals surface area contributed by atoms with Gasteiger partial charge in [0.05, 0.1) is 5.01 Å². The topological polar surface area (TPSA) is 73.9 Å². The molecule has 5 nitrogen and oxygen atoms in total. The predicted molar refractivity (Wildman–Crippen MR) is 111 cm³/mol. The minimum Gasteiger partial charge on any atom is -0.308 e. The number of rotatable bonds is 4. The molecule has 4 unspecified atom stereocenters. The van der Waals surface area contributed by atoms with Gasteiger partial charge in [0.15, 0.2) is 0 Å². The molecule has 1 radical (unpaired) electrons. The van der Waals surface area contributed by atoms with Crippen LogP contribution < -0.4 is 10.6 Å². The molecule has 28 heavy (non-hydrogen) atoms. The van der Waals surface area contributed by atoms with Crippen molar-refractivity contribution in [2.45, 2.75) is 31.3 Å². The summed E-state index contributed by atoms with van der Waals surface area (Å²) in [6, 6.07) is 16.6. The zero-order valence-electron chi connectivity index (χ0n) is 15.5. The van der Waals surface area contributed by atoms with Crippen molar-refractivity contribution in [3.8, 4) is 0 Å². The maximum atomic E-state index is 12.7. The van der Waals surface area contributed by atoms with E-state index >= 15 is 0 Å². The van der Waals surface area contributed by atoms with Crippen molar-refractivity contribution in [2.24, 2.45) is 5.92 Å². The van der Waals surface area contributed by atoms with Gasteiger partial charge < -0.3 is 10.6 Å². The van der Waals surface area contributed by atoms with Crippen LogP contribution in [0.2, 0.25) is 0 Å². The first-order chi connectivity index (χ1) is 13.6. The van der Waals surface area contributed by atoms with Gasteiger partial charge in [0.1, 0.15) is 6.10 Å². The molecule has 4 atom stereocenters. The van der Waals surface area contributed by atoms with Crippen LogP contribution in [0.25, 0.3) is 0 Å². The Bertz CT molecular complexity index is 913. The highest BCUT2D eigenvalue weighted by atomic mass is 32.1. The van der Waals surface area contributed by atoms with Crippen molar-refractivity contribution in [2.75, 3.05) is 10.6 Å². The molecule has 1 saturated carbocycles. The number of benzene rings is 2. The number of hydrogen-bond acceptors (Lipinski definition) is 3. The third kappa shape index (κ3) is 3.93. The van der Waals surface area contributed by atoms with E-state index < -0.39 is 6.10 Å². The summed E-state index contributed by atoms with van der Waals surface area (Å²) >= 11 is 1.63. The van der Waals surface area contributed by atoms with Crippen molar-refractivity contribution < 1.29 is 9.90 Å². The van der Waals surface area contributed by atoms with Crippen molar-refractivity contribution in [1.29, 1.82) is 0 Å². The van der Waals surface area contributed by atoms with E-state index in [-0.39, 0.29) is 23.8 Å². The average molecular weight is 393 g/mol. The monoisotopic (exact) mass is 392 g/mol. The van der Waals surface area contributed by atoms with Gasteiger partial charge in [-0.25, -0.2) is 14.9 Å². The van der Waals surface area contributed by atoms with Gasteiger partial charge in [0, 0.05) is 34.8 Å². The summed E-state index contributed by atoms with van der Waals surface area (Å²) in [7, 11) is 0. The Balaban J connectivity index is 1.42.